The van der Waals surface area contributed by atoms with Gasteiger partial charge >= 0.3 is 0 Å². The van der Waals surface area contributed by atoms with Crippen molar-refractivity contribution in [1.82, 2.24) is 20.5 Å². The molecule has 1 heterocycles. The molecule has 4 N–H and O–H groups in total. The molecule has 1 rings (SSSR count). The van der Waals surface area contributed by atoms with Crippen LogP contribution in [-0.4, -0.2) is 35.5 Å². The second-order valence-electron chi connectivity index (χ2n) is 3.79. The van der Waals surface area contributed by atoms with E-state index in [1.165, 1.54) is 0 Å². The van der Waals surface area contributed by atoms with E-state index in [1.807, 2.05) is 26.2 Å². The SMILES string of the molecule is COCC(C)NC(=NCc1ccn(C)n1)NN. The summed E-state index contributed by atoms with van der Waals surface area (Å²) in [6, 6.07) is 2.05. The Balaban J connectivity index is 2.49. The summed E-state index contributed by atoms with van der Waals surface area (Å²) in [6.07, 6.45) is 1.88. The number of nitrogens with zero attached hydrogens (tertiary/aromatic N) is 3. The number of hydrazine groups is 1. The summed E-state index contributed by atoms with van der Waals surface area (Å²) in [5.74, 6) is 5.90. The first-order chi connectivity index (χ1) is 8.15. The molecule has 7 nitrogen and oxygen atoms in total. The minimum atomic E-state index is 0.138. The quantitative estimate of drug-likeness (QED) is 0.276. The number of aryl methyl sites for hydroxylation is 1. The van der Waals surface area contributed by atoms with Crippen molar-refractivity contribution in [3.63, 3.8) is 0 Å². The van der Waals surface area contributed by atoms with Gasteiger partial charge in [0.05, 0.1) is 18.8 Å². The Morgan fingerprint density at radius 1 is 1.71 bits per heavy atom. The molecule has 1 atom stereocenters. The zero-order chi connectivity index (χ0) is 12.7. The largest absolute Gasteiger partial charge is 0.383 e. The number of nitrogens with one attached hydrogen (secondary N) is 2. The molecule has 0 aliphatic rings. The van der Waals surface area contributed by atoms with Crippen LogP contribution in [0.1, 0.15) is 12.6 Å². The van der Waals surface area contributed by atoms with Crippen LogP contribution in [0, 0.1) is 0 Å². The van der Waals surface area contributed by atoms with E-state index in [2.05, 4.69) is 20.8 Å². The molecule has 17 heavy (non-hydrogen) atoms. The zero-order valence-electron chi connectivity index (χ0n) is 10.5. The predicted molar refractivity (Wildman–Crippen MR) is 66.1 cm³/mol. The molecule has 0 fully saturated rings. The number of aliphatic imine (C=N–C) groups is 1. The van der Waals surface area contributed by atoms with Gasteiger partial charge in [0.15, 0.2) is 0 Å². The number of guanidine groups is 1. The van der Waals surface area contributed by atoms with E-state index in [1.54, 1.807) is 11.8 Å². The highest BCUT2D eigenvalue weighted by Crippen LogP contribution is 1.96. The Labute approximate surface area is 101 Å². The molecule has 96 valence electrons. The highest BCUT2D eigenvalue weighted by Gasteiger charge is 2.04. The lowest BCUT2D eigenvalue weighted by molar-refractivity contribution is 0.179. The maximum absolute atomic E-state index is 5.38. The van der Waals surface area contributed by atoms with E-state index in [-0.39, 0.29) is 6.04 Å². The Hall–Kier alpha value is -1.60. The van der Waals surface area contributed by atoms with Crippen molar-refractivity contribution in [3.05, 3.63) is 18.0 Å². The molecule has 0 aliphatic carbocycles. The Bertz CT molecular complexity index is 361. The second kappa shape index (κ2) is 6.87. The van der Waals surface area contributed by atoms with Crippen molar-refractivity contribution in [1.29, 1.82) is 0 Å². The third-order valence-electron chi connectivity index (χ3n) is 2.10. The van der Waals surface area contributed by atoms with Gasteiger partial charge in [0.25, 0.3) is 0 Å². The van der Waals surface area contributed by atoms with Crippen LogP contribution in [0.25, 0.3) is 0 Å². The standard InChI is InChI=1S/C10H20N6O/c1-8(7-17-3)13-10(14-11)12-6-9-4-5-16(2)15-9/h4-5,8H,6-7,11H2,1-3H3,(H2,12,13,14). The molecule has 0 saturated carbocycles. The Morgan fingerprint density at radius 2 is 2.47 bits per heavy atom. The molecule has 1 aromatic heterocycles. The highest BCUT2D eigenvalue weighted by atomic mass is 16.5. The number of methoxy groups -OCH3 is 1. The van der Waals surface area contributed by atoms with Crippen LogP contribution in [0.2, 0.25) is 0 Å². The van der Waals surface area contributed by atoms with Crippen LogP contribution >= 0.6 is 0 Å². The summed E-state index contributed by atoms with van der Waals surface area (Å²) in [4.78, 5) is 4.29. The van der Waals surface area contributed by atoms with Crippen LogP contribution in [0.5, 0.6) is 0 Å². The van der Waals surface area contributed by atoms with Crippen molar-refractivity contribution in [2.24, 2.45) is 17.9 Å². The van der Waals surface area contributed by atoms with E-state index in [0.29, 0.717) is 19.1 Å². The molecule has 0 spiro atoms. The van der Waals surface area contributed by atoms with Crippen LogP contribution < -0.4 is 16.6 Å². The molecule has 1 unspecified atom stereocenters. The van der Waals surface area contributed by atoms with Gasteiger partial charge in [-0.3, -0.25) is 10.1 Å². The minimum Gasteiger partial charge on any atom is -0.383 e. The van der Waals surface area contributed by atoms with Crippen molar-refractivity contribution >= 4 is 5.96 Å². The van der Waals surface area contributed by atoms with Crippen molar-refractivity contribution in [3.8, 4) is 0 Å². The van der Waals surface area contributed by atoms with Gasteiger partial charge in [0.1, 0.15) is 0 Å². The summed E-state index contributed by atoms with van der Waals surface area (Å²) < 4.78 is 6.75. The van der Waals surface area contributed by atoms with Crippen molar-refractivity contribution in [2.75, 3.05) is 13.7 Å². The van der Waals surface area contributed by atoms with Crippen molar-refractivity contribution < 1.29 is 4.74 Å². The lowest BCUT2D eigenvalue weighted by Gasteiger charge is -2.15. The first kappa shape index (κ1) is 13.5. The lowest BCUT2D eigenvalue weighted by atomic mass is 10.4. The number of aromatic nitrogens is 2. The third kappa shape index (κ3) is 4.83. The van der Waals surface area contributed by atoms with Gasteiger partial charge in [-0.05, 0) is 13.0 Å². The van der Waals surface area contributed by atoms with Crippen LogP contribution in [0.15, 0.2) is 17.3 Å². The fourth-order valence-corrected chi connectivity index (χ4v) is 1.37. The molecule has 0 bridgehead atoms. The van der Waals surface area contributed by atoms with Crippen LogP contribution in [0.3, 0.4) is 0 Å². The van der Waals surface area contributed by atoms with E-state index >= 15 is 0 Å². The normalized spacial score (nSPS) is 13.5. The average Bonchev–Trinajstić information content (AvgIpc) is 2.70. The highest BCUT2D eigenvalue weighted by molar-refractivity contribution is 5.79. The number of nitrogens with two attached hydrogens (primary N) is 1. The molecule has 0 radical (unpaired) electrons. The molecule has 0 amide bonds. The van der Waals surface area contributed by atoms with Gasteiger partial charge in [0.2, 0.25) is 5.96 Å². The monoisotopic (exact) mass is 240 g/mol. The van der Waals surface area contributed by atoms with Gasteiger partial charge in [0, 0.05) is 26.4 Å². The fourth-order valence-electron chi connectivity index (χ4n) is 1.37. The number of ether oxygens (including phenoxy) is 1. The van der Waals surface area contributed by atoms with Crippen molar-refractivity contribution in [2.45, 2.75) is 19.5 Å². The average molecular weight is 240 g/mol. The topological polar surface area (TPSA) is 89.5 Å². The predicted octanol–water partition coefficient (Wildman–Crippen LogP) is -0.636. The first-order valence-electron chi connectivity index (χ1n) is 5.40. The molecule has 1 aromatic rings. The van der Waals surface area contributed by atoms with E-state index < -0.39 is 0 Å². The number of rotatable bonds is 5. The third-order valence-corrected chi connectivity index (χ3v) is 2.10. The van der Waals surface area contributed by atoms with Gasteiger partial charge in [-0.1, -0.05) is 0 Å². The maximum Gasteiger partial charge on any atom is 0.206 e. The number of hydrogen-bond acceptors (Lipinski definition) is 4. The van der Waals surface area contributed by atoms with E-state index in [4.69, 9.17) is 10.6 Å². The zero-order valence-corrected chi connectivity index (χ0v) is 10.5. The minimum absolute atomic E-state index is 0.138. The smallest absolute Gasteiger partial charge is 0.206 e. The van der Waals surface area contributed by atoms with Gasteiger partial charge in [-0.25, -0.2) is 10.8 Å². The van der Waals surface area contributed by atoms with Gasteiger partial charge < -0.3 is 10.1 Å². The van der Waals surface area contributed by atoms with Crippen LogP contribution in [0.4, 0.5) is 0 Å². The molecule has 0 saturated heterocycles. The molecule has 7 heteroatoms. The second-order valence-corrected chi connectivity index (χ2v) is 3.79. The van der Waals surface area contributed by atoms with Gasteiger partial charge in [-0.15, -0.1) is 0 Å². The van der Waals surface area contributed by atoms with Crippen LogP contribution in [-0.2, 0) is 18.3 Å². The Morgan fingerprint density at radius 3 is 3.00 bits per heavy atom. The molecule has 0 aromatic carbocycles. The summed E-state index contributed by atoms with van der Waals surface area (Å²) in [6.45, 7) is 3.05. The lowest BCUT2D eigenvalue weighted by Crippen LogP contribution is -2.46. The fraction of sp³-hybridized carbons (Fsp3) is 0.600. The molecule has 0 aliphatic heterocycles. The Kier molecular flexibility index (Phi) is 5.44. The molecular formula is C10H20N6O. The first-order valence-corrected chi connectivity index (χ1v) is 5.40. The summed E-state index contributed by atoms with van der Waals surface area (Å²) in [5.41, 5.74) is 3.41. The van der Waals surface area contributed by atoms with E-state index in [9.17, 15) is 0 Å². The summed E-state index contributed by atoms with van der Waals surface area (Å²) >= 11 is 0. The maximum atomic E-state index is 5.38. The summed E-state index contributed by atoms with van der Waals surface area (Å²) in [5, 5.41) is 7.32. The summed E-state index contributed by atoms with van der Waals surface area (Å²) in [7, 11) is 3.52. The van der Waals surface area contributed by atoms with Gasteiger partial charge in [-0.2, -0.15) is 5.10 Å². The van der Waals surface area contributed by atoms with E-state index in [0.717, 1.165) is 5.69 Å². The molecular weight excluding hydrogens is 220 g/mol. The number of hydrogen-bond donors (Lipinski definition) is 3.